The zero-order valence-corrected chi connectivity index (χ0v) is 12.8. The molecule has 1 fully saturated rings. The van der Waals surface area contributed by atoms with E-state index in [0.29, 0.717) is 0 Å². The number of amides is 1. The number of nitrogens with zero attached hydrogens (tertiary/aromatic N) is 2. The van der Waals surface area contributed by atoms with Gasteiger partial charge >= 0.3 is 0 Å². The van der Waals surface area contributed by atoms with Crippen molar-refractivity contribution in [3.05, 3.63) is 10.6 Å². The minimum Gasteiger partial charge on any atom is -0.317 e. The van der Waals surface area contributed by atoms with Crippen molar-refractivity contribution in [3.63, 3.8) is 0 Å². The Labute approximate surface area is 123 Å². The molecule has 3 rings (SSSR count). The normalized spacial score (nSPS) is 20.6. The number of carbonyl (C=O) groups is 1. The van der Waals surface area contributed by atoms with Crippen LogP contribution < -0.4 is 10.6 Å². The summed E-state index contributed by atoms with van der Waals surface area (Å²) in [6, 6.07) is 0. The minimum absolute atomic E-state index is 0.143. The Balaban J connectivity index is 1.63. The number of likely N-dealkylation sites (N-methyl/N-ethyl adjacent to an activating group) is 1. The number of aromatic nitrogens is 1. The molecular weight excluding hydrogens is 272 g/mol. The summed E-state index contributed by atoms with van der Waals surface area (Å²) in [6.07, 6.45) is 2.87. The van der Waals surface area contributed by atoms with Gasteiger partial charge in [-0.05, 0) is 32.5 Å². The minimum atomic E-state index is 0.143. The van der Waals surface area contributed by atoms with Gasteiger partial charge in [-0.2, -0.15) is 0 Å². The molecule has 3 heterocycles. The van der Waals surface area contributed by atoms with Crippen LogP contribution in [0.15, 0.2) is 0 Å². The molecule has 0 aliphatic carbocycles. The number of hydrogen-bond acceptors (Lipinski definition) is 5. The summed E-state index contributed by atoms with van der Waals surface area (Å²) in [6.45, 7) is 7.21. The van der Waals surface area contributed by atoms with Crippen LogP contribution in [0.3, 0.4) is 0 Å². The first-order valence-corrected chi connectivity index (χ1v) is 8.30. The van der Waals surface area contributed by atoms with Crippen molar-refractivity contribution in [1.82, 2.24) is 15.2 Å². The van der Waals surface area contributed by atoms with Gasteiger partial charge in [0.2, 0.25) is 5.91 Å². The van der Waals surface area contributed by atoms with Crippen molar-refractivity contribution < 1.29 is 4.79 Å². The molecule has 110 valence electrons. The molecule has 0 radical (unpaired) electrons. The average Bonchev–Trinajstić information content (AvgIpc) is 2.89. The Morgan fingerprint density at radius 1 is 1.50 bits per heavy atom. The Bertz CT molecular complexity index is 482. The summed E-state index contributed by atoms with van der Waals surface area (Å²) < 4.78 is 0. The fourth-order valence-electron chi connectivity index (χ4n) is 2.86. The topological polar surface area (TPSA) is 57.3 Å². The largest absolute Gasteiger partial charge is 0.317 e. The maximum atomic E-state index is 12.2. The summed E-state index contributed by atoms with van der Waals surface area (Å²) >= 11 is 1.65. The summed E-state index contributed by atoms with van der Waals surface area (Å²) in [5.41, 5.74) is 1.18. The van der Waals surface area contributed by atoms with Gasteiger partial charge in [-0.15, -0.1) is 11.3 Å². The Morgan fingerprint density at radius 3 is 3.05 bits per heavy atom. The van der Waals surface area contributed by atoms with Crippen LogP contribution in [0.25, 0.3) is 0 Å². The third kappa shape index (κ3) is 3.02. The molecule has 1 aromatic rings. The number of nitrogens with one attached hydrogen (secondary N) is 2. The van der Waals surface area contributed by atoms with E-state index >= 15 is 0 Å². The van der Waals surface area contributed by atoms with Gasteiger partial charge in [0.05, 0.1) is 5.69 Å². The maximum absolute atomic E-state index is 12.2. The van der Waals surface area contributed by atoms with Gasteiger partial charge in [-0.1, -0.05) is 6.92 Å². The predicted octanol–water partition coefficient (Wildman–Crippen LogP) is 1.46. The summed E-state index contributed by atoms with van der Waals surface area (Å²) in [5.74, 6) is 0.286. The molecule has 0 saturated carbocycles. The molecule has 2 aliphatic rings. The van der Waals surface area contributed by atoms with Crippen LogP contribution in [0, 0.1) is 5.92 Å². The maximum Gasteiger partial charge on any atom is 0.229 e. The summed E-state index contributed by atoms with van der Waals surface area (Å²) in [5, 5.41) is 7.10. The second-order valence-electron chi connectivity index (χ2n) is 5.52. The molecule has 1 saturated heterocycles. The molecule has 0 aromatic carbocycles. The summed E-state index contributed by atoms with van der Waals surface area (Å²) in [7, 11) is 0. The second kappa shape index (κ2) is 6.20. The van der Waals surface area contributed by atoms with Crippen LogP contribution in [0.1, 0.15) is 30.3 Å². The Hall–Kier alpha value is -0.980. The van der Waals surface area contributed by atoms with E-state index in [-0.39, 0.29) is 11.8 Å². The lowest BCUT2D eigenvalue weighted by Crippen LogP contribution is -2.34. The van der Waals surface area contributed by atoms with Crippen LogP contribution in [0.5, 0.6) is 0 Å². The van der Waals surface area contributed by atoms with E-state index in [1.165, 1.54) is 10.6 Å². The number of fused-ring (bicyclic) bond motifs is 1. The van der Waals surface area contributed by atoms with Crippen LogP contribution in [-0.4, -0.2) is 42.0 Å². The highest BCUT2D eigenvalue weighted by atomic mass is 32.1. The molecule has 0 atom stereocenters. The highest BCUT2D eigenvalue weighted by molar-refractivity contribution is 7.15. The zero-order chi connectivity index (χ0) is 13.9. The van der Waals surface area contributed by atoms with E-state index in [9.17, 15) is 4.79 Å². The van der Waals surface area contributed by atoms with Crippen LogP contribution in [0.4, 0.5) is 5.13 Å². The van der Waals surface area contributed by atoms with E-state index in [4.69, 9.17) is 0 Å². The van der Waals surface area contributed by atoms with E-state index in [0.717, 1.165) is 57.1 Å². The molecule has 0 bridgehead atoms. The average molecular weight is 294 g/mol. The Morgan fingerprint density at radius 2 is 2.30 bits per heavy atom. The number of hydrogen-bond donors (Lipinski definition) is 2. The molecule has 0 spiro atoms. The molecule has 5 nitrogen and oxygen atoms in total. The first-order valence-electron chi connectivity index (χ1n) is 7.48. The van der Waals surface area contributed by atoms with Crippen molar-refractivity contribution in [3.8, 4) is 0 Å². The van der Waals surface area contributed by atoms with Crippen molar-refractivity contribution in [2.45, 2.75) is 32.7 Å². The highest BCUT2D eigenvalue weighted by Gasteiger charge is 2.24. The number of thiazole rings is 1. The van der Waals surface area contributed by atoms with Gasteiger partial charge in [0, 0.05) is 30.3 Å². The number of anilines is 1. The molecule has 0 unspecified atom stereocenters. The van der Waals surface area contributed by atoms with Crippen LogP contribution in [-0.2, 0) is 17.8 Å². The standard InChI is InChI=1S/C14H22N4OS/c1-2-18-8-5-11-12(9-18)20-14(16-11)17-13(19)10-3-6-15-7-4-10/h10,15H,2-9H2,1H3,(H,16,17,19). The van der Waals surface area contributed by atoms with Crippen molar-refractivity contribution >= 4 is 22.4 Å². The quantitative estimate of drug-likeness (QED) is 0.886. The van der Waals surface area contributed by atoms with E-state index < -0.39 is 0 Å². The van der Waals surface area contributed by atoms with E-state index in [2.05, 4.69) is 27.4 Å². The van der Waals surface area contributed by atoms with Gasteiger partial charge in [-0.3, -0.25) is 9.69 Å². The fourth-order valence-corrected chi connectivity index (χ4v) is 3.92. The fraction of sp³-hybridized carbons (Fsp3) is 0.714. The molecule has 2 aliphatic heterocycles. The predicted molar refractivity (Wildman–Crippen MR) is 81.0 cm³/mol. The van der Waals surface area contributed by atoms with E-state index in [1.54, 1.807) is 11.3 Å². The zero-order valence-electron chi connectivity index (χ0n) is 11.9. The Kier molecular flexibility index (Phi) is 4.33. The second-order valence-corrected chi connectivity index (χ2v) is 6.60. The monoisotopic (exact) mass is 294 g/mol. The highest BCUT2D eigenvalue weighted by Crippen LogP contribution is 2.28. The van der Waals surface area contributed by atoms with Gasteiger partial charge in [0.15, 0.2) is 5.13 Å². The van der Waals surface area contributed by atoms with Crippen molar-refractivity contribution in [1.29, 1.82) is 0 Å². The SMILES string of the molecule is CCN1CCc2nc(NC(=O)C3CCNCC3)sc2C1. The third-order valence-corrected chi connectivity index (χ3v) is 5.20. The lowest BCUT2D eigenvalue weighted by Gasteiger charge is -2.23. The number of carbonyl (C=O) groups excluding carboxylic acids is 1. The lowest BCUT2D eigenvalue weighted by atomic mass is 9.97. The van der Waals surface area contributed by atoms with Gasteiger partial charge in [0.1, 0.15) is 0 Å². The molecule has 2 N–H and O–H groups in total. The first-order chi connectivity index (χ1) is 9.76. The van der Waals surface area contributed by atoms with Crippen LogP contribution in [0.2, 0.25) is 0 Å². The first kappa shape index (κ1) is 14.0. The summed E-state index contributed by atoms with van der Waals surface area (Å²) in [4.78, 5) is 20.6. The number of piperidine rings is 1. The molecule has 6 heteroatoms. The number of rotatable bonds is 3. The van der Waals surface area contributed by atoms with Gasteiger partial charge in [-0.25, -0.2) is 4.98 Å². The molecule has 1 aromatic heterocycles. The third-order valence-electron chi connectivity index (χ3n) is 4.20. The lowest BCUT2D eigenvalue weighted by molar-refractivity contribution is -0.120. The van der Waals surface area contributed by atoms with Crippen LogP contribution >= 0.6 is 11.3 Å². The molecule has 20 heavy (non-hydrogen) atoms. The van der Waals surface area contributed by atoms with E-state index in [1.807, 2.05) is 0 Å². The van der Waals surface area contributed by atoms with Gasteiger partial charge in [0.25, 0.3) is 0 Å². The van der Waals surface area contributed by atoms with Gasteiger partial charge < -0.3 is 10.6 Å². The molecule has 1 amide bonds. The van der Waals surface area contributed by atoms with Crippen molar-refractivity contribution in [2.75, 3.05) is 31.5 Å². The van der Waals surface area contributed by atoms with Crippen molar-refractivity contribution in [2.24, 2.45) is 5.92 Å². The molecular formula is C14H22N4OS. The smallest absolute Gasteiger partial charge is 0.229 e.